The average molecular weight is 393 g/mol. The van der Waals surface area contributed by atoms with Crippen LogP contribution >= 0.6 is 0 Å². The molecule has 1 aromatic rings. The second-order valence-electron chi connectivity index (χ2n) is 7.20. The maximum Gasteiger partial charge on any atom is 0.243 e. The van der Waals surface area contributed by atoms with Gasteiger partial charge in [0.1, 0.15) is 6.04 Å². The number of anilines is 1. The summed E-state index contributed by atoms with van der Waals surface area (Å²) >= 11 is 0. The molecule has 146 valence electrons. The smallest absolute Gasteiger partial charge is 0.243 e. The molecule has 1 atom stereocenters. The van der Waals surface area contributed by atoms with Crippen LogP contribution in [-0.2, 0) is 30.8 Å². The maximum atomic E-state index is 12.9. The molecule has 4 rings (SSSR count). The van der Waals surface area contributed by atoms with Crippen LogP contribution in [0.1, 0.15) is 25.3 Å². The van der Waals surface area contributed by atoms with E-state index in [1.165, 1.54) is 22.2 Å². The van der Waals surface area contributed by atoms with Crippen molar-refractivity contribution in [3.05, 3.63) is 23.8 Å². The van der Waals surface area contributed by atoms with Crippen LogP contribution in [0.5, 0.6) is 0 Å². The molecule has 2 heterocycles. The zero-order chi connectivity index (χ0) is 19.2. The fourth-order valence-corrected chi connectivity index (χ4v) is 5.11. The van der Waals surface area contributed by atoms with Gasteiger partial charge in [-0.2, -0.15) is 4.31 Å². The number of amides is 2. The summed E-state index contributed by atoms with van der Waals surface area (Å²) < 4.78 is 32.4. The molecular formula is C18H23N3O5S. The molecule has 3 aliphatic rings. The SMILES string of the molecule is CC(=O)N1c2ccc(S(=O)(=O)N3CCOCC3)cc2CC1C(=O)NC1CC1. The van der Waals surface area contributed by atoms with Gasteiger partial charge in [-0.3, -0.25) is 14.5 Å². The Balaban J connectivity index is 1.62. The lowest BCUT2D eigenvalue weighted by Crippen LogP contribution is -2.47. The van der Waals surface area contributed by atoms with Crippen LogP contribution in [0.25, 0.3) is 0 Å². The Labute approximate surface area is 158 Å². The summed E-state index contributed by atoms with van der Waals surface area (Å²) in [5.41, 5.74) is 1.31. The number of ether oxygens (including phenoxy) is 1. The number of rotatable bonds is 4. The van der Waals surface area contributed by atoms with Gasteiger partial charge in [-0.15, -0.1) is 0 Å². The number of carbonyl (C=O) groups is 2. The quantitative estimate of drug-likeness (QED) is 0.792. The fourth-order valence-electron chi connectivity index (χ4n) is 3.65. The predicted octanol–water partition coefficient (Wildman–Crippen LogP) is 0.264. The van der Waals surface area contributed by atoms with E-state index in [0.717, 1.165) is 12.8 Å². The average Bonchev–Trinajstić information content (AvgIpc) is 3.37. The Morgan fingerprint density at radius 2 is 1.89 bits per heavy atom. The highest BCUT2D eigenvalue weighted by atomic mass is 32.2. The minimum absolute atomic E-state index is 0.179. The summed E-state index contributed by atoms with van der Waals surface area (Å²) in [7, 11) is -3.62. The molecule has 27 heavy (non-hydrogen) atoms. The summed E-state index contributed by atoms with van der Waals surface area (Å²) in [5.74, 6) is -0.407. The number of nitrogens with one attached hydrogen (secondary N) is 1. The predicted molar refractivity (Wildman–Crippen MR) is 97.8 cm³/mol. The summed E-state index contributed by atoms with van der Waals surface area (Å²) in [6.07, 6.45) is 2.25. The van der Waals surface area contributed by atoms with Crippen molar-refractivity contribution in [2.45, 2.75) is 43.2 Å². The number of morpholine rings is 1. The second-order valence-corrected chi connectivity index (χ2v) is 9.14. The highest BCUT2D eigenvalue weighted by Crippen LogP contribution is 2.35. The number of hydrogen-bond acceptors (Lipinski definition) is 5. The summed E-state index contributed by atoms with van der Waals surface area (Å²) in [5, 5.41) is 2.94. The summed E-state index contributed by atoms with van der Waals surface area (Å²) in [6, 6.07) is 4.32. The third kappa shape index (κ3) is 3.46. The number of carbonyl (C=O) groups excluding carboxylic acids is 2. The van der Waals surface area contributed by atoms with Crippen molar-refractivity contribution < 1.29 is 22.7 Å². The number of sulfonamides is 1. The molecule has 0 radical (unpaired) electrons. The lowest BCUT2D eigenvalue weighted by Gasteiger charge is -2.26. The van der Waals surface area contributed by atoms with E-state index in [-0.39, 0.29) is 22.8 Å². The summed E-state index contributed by atoms with van der Waals surface area (Å²) in [6.45, 7) is 2.83. The maximum absolute atomic E-state index is 12.9. The lowest BCUT2D eigenvalue weighted by molar-refractivity contribution is -0.125. The topological polar surface area (TPSA) is 96.0 Å². The molecule has 2 aliphatic heterocycles. The molecule has 2 amide bonds. The van der Waals surface area contributed by atoms with Crippen LogP contribution in [0.4, 0.5) is 5.69 Å². The molecule has 8 nitrogen and oxygen atoms in total. The van der Waals surface area contributed by atoms with Crippen molar-refractivity contribution in [1.82, 2.24) is 9.62 Å². The largest absolute Gasteiger partial charge is 0.379 e. The first kappa shape index (κ1) is 18.4. The molecular weight excluding hydrogens is 370 g/mol. The molecule has 1 saturated carbocycles. The van der Waals surface area contributed by atoms with E-state index in [1.54, 1.807) is 12.1 Å². The normalized spacial score (nSPS) is 23.1. The van der Waals surface area contributed by atoms with Crippen LogP contribution in [0.2, 0.25) is 0 Å². The van der Waals surface area contributed by atoms with Gasteiger partial charge in [0.05, 0.1) is 18.1 Å². The van der Waals surface area contributed by atoms with Gasteiger partial charge < -0.3 is 10.1 Å². The molecule has 1 aliphatic carbocycles. The molecule has 2 fully saturated rings. The van der Waals surface area contributed by atoms with Crippen molar-refractivity contribution in [2.24, 2.45) is 0 Å². The molecule has 0 spiro atoms. The van der Waals surface area contributed by atoms with Crippen molar-refractivity contribution in [2.75, 3.05) is 31.2 Å². The van der Waals surface area contributed by atoms with Gasteiger partial charge in [0.25, 0.3) is 0 Å². The third-order valence-corrected chi connectivity index (χ3v) is 7.10. The fraction of sp³-hybridized carbons (Fsp3) is 0.556. The van der Waals surface area contributed by atoms with Gasteiger partial charge in [0.15, 0.2) is 0 Å². The first-order valence-electron chi connectivity index (χ1n) is 9.19. The van der Waals surface area contributed by atoms with Gasteiger partial charge in [-0.05, 0) is 36.6 Å². The first-order valence-corrected chi connectivity index (χ1v) is 10.6. The van der Waals surface area contributed by atoms with Crippen LogP contribution in [0.15, 0.2) is 23.1 Å². The number of nitrogens with zero attached hydrogens (tertiary/aromatic N) is 2. The van der Waals surface area contributed by atoms with E-state index in [0.29, 0.717) is 44.0 Å². The van der Waals surface area contributed by atoms with Gasteiger partial charge >= 0.3 is 0 Å². The van der Waals surface area contributed by atoms with Crippen LogP contribution < -0.4 is 10.2 Å². The Kier molecular flexibility index (Phi) is 4.69. The van der Waals surface area contributed by atoms with Crippen molar-refractivity contribution in [3.63, 3.8) is 0 Å². The van der Waals surface area contributed by atoms with E-state index >= 15 is 0 Å². The van der Waals surface area contributed by atoms with Crippen LogP contribution in [0, 0.1) is 0 Å². The Morgan fingerprint density at radius 3 is 2.52 bits per heavy atom. The Hall–Kier alpha value is -1.97. The molecule has 9 heteroatoms. The number of fused-ring (bicyclic) bond motifs is 1. The molecule has 0 aromatic heterocycles. The minimum atomic E-state index is -3.62. The van der Waals surface area contributed by atoms with E-state index in [2.05, 4.69) is 5.32 Å². The molecule has 0 bridgehead atoms. The minimum Gasteiger partial charge on any atom is -0.379 e. The third-order valence-electron chi connectivity index (χ3n) is 5.21. The zero-order valence-electron chi connectivity index (χ0n) is 15.2. The molecule has 1 N–H and O–H groups in total. The van der Waals surface area contributed by atoms with E-state index in [9.17, 15) is 18.0 Å². The van der Waals surface area contributed by atoms with Gasteiger partial charge in [-0.25, -0.2) is 8.42 Å². The van der Waals surface area contributed by atoms with E-state index in [1.807, 2.05) is 0 Å². The Bertz CT molecular complexity index is 875. The zero-order valence-corrected chi connectivity index (χ0v) is 16.0. The molecule has 1 aromatic carbocycles. The van der Waals surface area contributed by atoms with E-state index in [4.69, 9.17) is 4.74 Å². The van der Waals surface area contributed by atoms with Gasteiger partial charge in [-0.1, -0.05) is 0 Å². The van der Waals surface area contributed by atoms with Crippen LogP contribution in [0.3, 0.4) is 0 Å². The standard InChI is InChI=1S/C18H23N3O5S/c1-12(22)21-16-5-4-15(27(24,25)20-6-8-26-9-7-20)10-13(16)11-17(21)18(23)19-14-2-3-14/h4-5,10,14,17H,2-3,6-9,11H2,1H3,(H,19,23). The van der Waals surface area contributed by atoms with Crippen molar-refractivity contribution in [1.29, 1.82) is 0 Å². The monoisotopic (exact) mass is 393 g/mol. The second kappa shape index (κ2) is 6.88. The van der Waals surface area contributed by atoms with Gasteiger partial charge in [0, 0.05) is 38.2 Å². The lowest BCUT2D eigenvalue weighted by atomic mass is 10.1. The van der Waals surface area contributed by atoms with E-state index < -0.39 is 16.1 Å². The molecule has 1 unspecified atom stereocenters. The highest BCUT2D eigenvalue weighted by molar-refractivity contribution is 7.89. The molecule has 1 saturated heterocycles. The number of hydrogen-bond donors (Lipinski definition) is 1. The van der Waals surface area contributed by atoms with Crippen molar-refractivity contribution >= 4 is 27.5 Å². The van der Waals surface area contributed by atoms with Gasteiger partial charge in [0.2, 0.25) is 21.8 Å². The number of benzene rings is 1. The van der Waals surface area contributed by atoms with Crippen LogP contribution in [-0.4, -0.2) is 62.9 Å². The summed E-state index contributed by atoms with van der Waals surface area (Å²) in [4.78, 5) is 26.4. The Morgan fingerprint density at radius 1 is 1.19 bits per heavy atom. The van der Waals surface area contributed by atoms with Crippen molar-refractivity contribution in [3.8, 4) is 0 Å². The first-order chi connectivity index (χ1) is 12.9. The highest BCUT2D eigenvalue weighted by Gasteiger charge is 2.39.